The van der Waals surface area contributed by atoms with Crippen LogP contribution in [0.4, 0.5) is 5.82 Å². The Morgan fingerprint density at radius 2 is 2.27 bits per heavy atom. The van der Waals surface area contributed by atoms with Crippen LogP contribution >= 0.6 is 11.6 Å². The molecule has 2 aromatic rings. The van der Waals surface area contributed by atoms with E-state index in [-0.39, 0.29) is 5.91 Å². The minimum atomic E-state index is -0.265. The minimum Gasteiger partial charge on any atom is -0.472 e. The van der Waals surface area contributed by atoms with Crippen molar-refractivity contribution in [3.8, 4) is 0 Å². The molecule has 2 rings (SSSR count). The Balaban J connectivity index is 2.09. The molecule has 15 heavy (non-hydrogen) atoms. The quantitative estimate of drug-likeness (QED) is 0.850. The van der Waals surface area contributed by atoms with E-state index in [1.165, 1.54) is 18.7 Å². The third-order valence-electron chi connectivity index (χ3n) is 1.75. The van der Waals surface area contributed by atoms with E-state index >= 15 is 0 Å². The molecule has 1 N–H and O–H groups in total. The van der Waals surface area contributed by atoms with E-state index < -0.39 is 0 Å². The summed E-state index contributed by atoms with van der Waals surface area (Å²) in [4.78, 5) is 15.4. The molecule has 0 bridgehead atoms. The average Bonchev–Trinajstić information content (AvgIpc) is 2.74. The van der Waals surface area contributed by atoms with Crippen molar-refractivity contribution in [2.75, 3.05) is 5.32 Å². The van der Waals surface area contributed by atoms with Gasteiger partial charge in [0.05, 0.1) is 16.8 Å². The van der Waals surface area contributed by atoms with Crippen molar-refractivity contribution in [3.05, 3.63) is 47.5 Å². The van der Waals surface area contributed by atoms with Crippen LogP contribution in [-0.2, 0) is 0 Å². The van der Waals surface area contributed by atoms with Crippen LogP contribution in [0.5, 0.6) is 0 Å². The molecular formula is C10H7ClN2O2. The van der Waals surface area contributed by atoms with Crippen molar-refractivity contribution < 1.29 is 9.21 Å². The third kappa shape index (κ3) is 2.35. The highest BCUT2D eigenvalue weighted by Gasteiger charge is 2.07. The zero-order valence-electron chi connectivity index (χ0n) is 7.61. The van der Waals surface area contributed by atoms with Gasteiger partial charge in [-0.3, -0.25) is 4.79 Å². The van der Waals surface area contributed by atoms with Crippen LogP contribution in [0, 0.1) is 0 Å². The number of rotatable bonds is 2. The van der Waals surface area contributed by atoms with E-state index in [4.69, 9.17) is 16.0 Å². The Morgan fingerprint density at radius 3 is 2.87 bits per heavy atom. The second kappa shape index (κ2) is 4.14. The SMILES string of the molecule is O=C(Nc1ccc(Cl)cn1)c1ccoc1. The molecule has 0 radical (unpaired) electrons. The van der Waals surface area contributed by atoms with Gasteiger partial charge < -0.3 is 9.73 Å². The van der Waals surface area contributed by atoms with Crippen molar-refractivity contribution in [2.24, 2.45) is 0 Å². The summed E-state index contributed by atoms with van der Waals surface area (Å²) in [6, 6.07) is 4.85. The van der Waals surface area contributed by atoms with Gasteiger partial charge in [-0.2, -0.15) is 0 Å². The van der Waals surface area contributed by atoms with E-state index in [0.29, 0.717) is 16.4 Å². The summed E-state index contributed by atoms with van der Waals surface area (Å²) in [6.45, 7) is 0. The lowest BCUT2D eigenvalue weighted by atomic mass is 10.3. The highest BCUT2D eigenvalue weighted by molar-refractivity contribution is 6.30. The number of nitrogens with zero attached hydrogens (tertiary/aromatic N) is 1. The smallest absolute Gasteiger partial charge is 0.260 e. The Kier molecular flexibility index (Phi) is 2.69. The summed E-state index contributed by atoms with van der Waals surface area (Å²) in [7, 11) is 0. The zero-order valence-corrected chi connectivity index (χ0v) is 8.36. The maximum Gasteiger partial charge on any atom is 0.260 e. The molecule has 5 heteroatoms. The van der Waals surface area contributed by atoms with Crippen molar-refractivity contribution in [1.82, 2.24) is 4.98 Å². The van der Waals surface area contributed by atoms with Crippen molar-refractivity contribution in [2.45, 2.75) is 0 Å². The molecule has 0 atom stereocenters. The number of carbonyl (C=O) groups is 1. The predicted molar refractivity (Wildman–Crippen MR) is 55.9 cm³/mol. The molecule has 0 spiro atoms. The fourth-order valence-electron chi connectivity index (χ4n) is 1.03. The lowest BCUT2D eigenvalue weighted by Crippen LogP contribution is -2.11. The van der Waals surface area contributed by atoms with Gasteiger partial charge in [-0.05, 0) is 18.2 Å². The first-order chi connectivity index (χ1) is 7.25. The number of amides is 1. The highest BCUT2D eigenvalue weighted by Crippen LogP contribution is 2.11. The van der Waals surface area contributed by atoms with Crippen LogP contribution in [0.1, 0.15) is 10.4 Å². The predicted octanol–water partition coefficient (Wildman–Crippen LogP) is 2.58. The maximum absolute atomic E-state index is 11.5. The van der Waals surface area contributed by atoms with Gasteiger partial charge in [0.2, 0.25) is 0 Å². The standard InChI is InChI=1S/C10H7ClN2O2/c11-8-1-2-9(12-5-8)13-10(14)7-3-4-15-6-7/h1-6H,(H,12,13,14). The van der Waals surface area contributed by atoms with E-state index in [2.05, 4.69) is 10.3 Å². The Labute approximate surface area is 90.9 Å². The number of hydrogen-bond acceptors (Lipinski definition) is 3. The van der Waals surface area contributed by atoms with Crippen LogP contribution in [0.2, 0.25) is 5.02 Å². The van der Waals surface area contributed by atoms with Gasteiger partial charge in [0.25, 0.3) is 5.91 Å². The Bertz CT molecular complexity index is 451. The molecule has 0 aliphatic rings. The zero-order chi connectivity index (χ0) is 10.7. The third-order valence-corrected chi connectivity index (χ3v) is 1.98. The molecule has 0 fully saturated rings. The number of halogens is 1. The normalized spacial score (nSPS) is 9.93. The fraction of sp³-hybridized carbons (Fsp3) is 0. The van der Waals surface area contributed by atoms with Gasteiger partial charge in [0.1, 0.15) is 12.1 Å². The summed E-state index contributed by atoms with van der Waals surface area (Å²) in [5.41, 5.74) is 0.451. The topological polar surface area (TPSA) is 55.1 Å². The van der Waals surface area contributed by atoms with Crippen LogP contribution in [-0.4, -0.2) is 10.9 Å². The number of aromatic nitrogens is 1. The Hall–Kier alpha value is -1.81. The number of furan rings is 1. The molecule has 1 amide bonds. The van der Waals surface area contributed by atoms with Crippen LogP contribution in [0.25, 0.3) is 0 Å². The van der Waals surface area contributed by atoms with Crippen LogP contribution < -0.4 is 5.32 Å². The van der Waals surface area contributed by atoms with Gasteiger partial charge in [-0.25, -0.2) is 4.98 Å². The molecule has 2 heterocycles. The van der Waals surface area contributed by atoms with Crippen molar-refractivity contribution >= 4 is 23.3 Å². The lowest BCUT2D eigenvalue weighted by Gasteiger charge is -2.01. The molecular weight excluding hydrogens is 216 g/mol. The second-order valence-corrected chi connectivity index (χ2v) is 3.26. The molecule has 0 saturated heterocycles. The molecule has 76 valence electrons. The number of anilines is 1. The first kappa shape index (κ1) is 9.73. The Morgan fingerprint density at radius 1 is 1.40 bits per heavy atom. The largest absolute Gasteiger partial charge is 0.472 e. The summed E-state index contributed by atoms with van der Waals surface area (Å²) >= 11 is 5.66. The summed E-state index contributed by atoms with van der Waals surface area (Å²) in [5, 5.41) is 3.13. The van der Waals surface area contributed by atoms with Crippen molar-refractivity contribution in [3.63, 3.8) is 0 Å². The summed E-state index contributed by atoms with van der Waals surface area (Å²) < 4.78 is 4.79. The molecule has 0 unspecified atom stereocenters. The van der Waals surface area contributed by atoms with Crippen LogP contribution in [0.15, 0.2) is 41.3 Å². The molecule has 0 aliphatic carbocycles. The first-order valence-corrected chi connectivity index (χ1v) is 4.58. The van der Waals surface area contributed by atoms with Crippen molar-refractivity contribution in [1.29, 1.82) is 0 Å². The van der Waals surface area contributed by atoms with E-state index in [0.717, 1.165) is 0 Å². The lowest BCUT2D eigenvalue weighted by molar-refractivity contribution is 0.102. The average molecular weight is 223 g/mol. The number of hydrogen-bond donors (Lipinski definition) is 1. The van der Waals surface area contributed by atoms with E-state index in [1.54, 1.807) is 18.2 Å². The van der Waals surface area contributed by atoms with Gasteiger partial charge in [0, 0.05) is 6.20 Å². The molecule has 0 aromatic carbocycles. The fourth-order valence-corrected chi connectivity index (χ4v) is 1.14. The first-order valence-electron chi connectivity index (χ1n) is 4.21. The van der Waals surface area contributed by atoms with E-state index in [9.17, 15) is 4.79 Å². The number of carbonyl (C=O) groups excluding carboxylic acids is 1. The van der Waals surface area contributed by atoms with Gasteiger partial charge >= 0.3 is 0 Å². The van der Waals surface area contributed by atoms with Crippen LogP contribution in [0.3, 0.4) is 0 Å². The minimum absolute atomic E-state index is 0.265. The number of nitrogens with one attached hydrogen (secondary N) is 1. The second-order valence-electron chi connectivity index (χ2n) is 2.83. The van der Waals surface area contributed by atoms with Gasteiger partial charge in [-0.1, -0.05) is 11.6 Å². The highest BCUT2D eigenvalue weighted by atomic mass is 35.5. The molecule has 4 nitrogen and oxygen atoms in total. The summed E-state index contributed by atoms with van der Waals surface area (Å²) in [6.07, 6.45) is 4.27. The number of pyridine rings is 1. The van der Waals surface area contributed by atoms with E-state index in [1.807, 2.05) is 0 Å². The van der Waals surface area contributed by atoms with Gasteiger partial charge in [0.15, 0.2) is 0 Å². The maximum atomic E-state index is 11.5. The monoisotopic (exact) mass is 222 g/mol. The molecule has 0 saturated carbocycles. The molecule has 0 aliphatic heterocycles. The van der Waals surface area contributed by atoms with Gasteiger partial charge in [-0.15, -0.1) is 0 Å². The summed E-state index contributed by atoms with van der Waals surface area (Å²) in [5.74, 6) is 0.184. The molecule has 2 aromatic heterocycles.